The predicted molar refractivity (Wildman–Crippen MR) is 80.3 cm³/mol. The summed E-state index contributed by atoms with van der Waals surface area (Å²) >= 11 is 1.53. The summed E-state index contributed by atoms with van der Waals surface area (Å²) in [7, 11) is -2.00. The van der Waals surface area contributed by atoms with E-state index >= 15 is 0 Å². The first-order valence-electron chi connectivity index (χ1n) is 6.29. The first-order valence-corrected chi connectivity index (χ1v) is 9.33. The van der Waals surface area contributed by atoms with Crippen LogP contribution >= 0.6 is 11.8 Å². The number of thioether (sulfide) groups is 1. The van der Waals surface area contributed by atoms with Gasteiger partial charge in [0, 0.05) is 7.11 Å². The normalized spacial score (nSPS) is 14.8. The van der Waals surface area contributed by atoms with E-state index in [1.807, 2.05) is 6.26 Å². The van der Waals surface area contributed by atoms with Crippen LogP contribution in [-0.2, 0) is 19.6 Å². The molecule has 20 heavy (non-hydrogen) atoms. The molecule has 9 heteroatoms. The summed E-state index contributed by atoms with van der Waals surface area (Å²) in [4.78, 5) is 12.1. The van der Waals surface area contributed by atoms with Gasteiger partial charge in [0.05, 0.1) is 25.0 Å². The maximum absolute atomic E-state index is 12.1. The Morgan fingerprint density at radius 3 is 2.55 bits per heavy atom. The van der Waals surface area contributed by atoms with Crippen molar-refractivity contribution < 1.29 is 23.1 Å². The molecule has 0 aliphatic heterocycles. The molecule has 0 saturated heterocycles. The number of hydrogen-bond donors (Lipinski definition) is 3. The average molecular weight is 328 g/mol. The van der Waals surface area contributed by atoms with E-state index in [-0.39, 0.29) is 19.0 Å². The highest BCUT2D eigenvalue weighted by Crippen LogP contribution is 2.03. The minimum absolute atomic E-state index is 0.0858. The lowest BCUT2D eigenvalue weighted by Crippen LogP contribution is -2.52. The fourth-order valence-electron chi connectivity index (χ4n) is 1.42. The summed E-state index contributed by atoms with van der Waals surface area (Å²) in [5.74, 6) is 0.114. The number of amides is 1. The summed E-state index contributed by atoms with van der Waals surface area (Å²) in [6, 6.07) is -1.38. The van der Waals surface area contributed by atoms with Gasteiger partial charge < -0.3 is 15.2 Å². The molecule has 0 saturated carbocycles. The topological polar surface area (TPSA) is 105 Å². The molecule has 0 heterocycles. The zero-order valence-corrected chi connectivity index (χ0v) is 13.7. The van der Waals surface area contributed by atoms with Gasteiger partial charge >= 0.3 is 0 Å². The Morgan fingerprint density at radius 1 is 1.45 bits per heavy atom. The molecule has 0 aromatic carbocycles. The number of carbonyl (C=O) groups is 1. The lowest BCUT2D eigenvalue weighted by Gasteiger charge is -2.21. The summed E-state index contributed by atoms with van der Waals surface area (Å²) in [6.07, 6.45) is 2.27. The monoisotopic (exact) mass is 328 g/mol. The molecule has 0 aliphatic carbocycles. The highest BCUT2D eigenvalue weighted by atomic mass is 32.2. The van der Waals surface area contributed by atoms with E-state index in [2.05, 4.69) is 10.0 Å². The molecule has 0 fully saturated rings. The number of aliphatic hydroxyl groups is 1. The molecule has 0 aromatic heterocycles. The van der Waals surface area contributed by atoms with Crippen LogP contribution in [0.25, 0.3) is 0 Å². The van der Waals surface area contributed by atoms with Crippen LogP contribution in [0.3, 0.4) is 0 Å². The second-order valence-electron chi connectivity index (χ2n) is 4.20. The number of carbonyl (C=O) groups excluding carboxylic acids is 1. The number of hydrogen-bond acceptors (Lipinski definition) is 6. The second-order valence-corrected chi connectivity index (χ2v) is 7.23. The quantitative estimate of drug-likeness (QED) is 0.457. The SMILES string of the molecule is CCS(=O)(=O)NC(CCSC)C(=O)NC(CO)COC. The van der Waals surface area contributed by atoms with E-state index in [0.717, 1.165) is 0 Å². The lowest BCUT2D eigenvalue weighted by molar-refractivity contribution is -0.124. The van der Waals surface area contributed by atoms with Crippen molar-refractivity contribution in [2.75, 3.05) is 38.1 Å². The van der Waals surface area contributed by atoms with Gasteiger partial charge in [0.15, 0.2) is 0 Å². The Balaban J connectivity index is 4.71. The lowest BCUT2D eigenvalue weighted by atomic mass is 10.2. The first kappa shape index (κ1) is 19.7. The molecule has 0 spiro atoms. The molecule has 120 valence electrons. The minimum atomic E-state index is -3.46. The van der Waals surface area contributed by atoms with Gasteiger partial charge in [0.2, 0.25) is 15.9 Å². The standard InChI is InChI=1S/C11H24N2O5S2/c1-4-20(16,17)13-10(5-6-19-3)11(15)12-9(7-14)8-18-2/h9-10,13-14H,4-8H2,1-3H3,(H,12,15). The molecule has 0 aliphatic rings. The molecule has 3 N–H and O–H groups in total. The van der Waals surface area contributed by atoms with Crippen molar-refractivity contribution >= 4 is 27.7 Å². The Morgan fingerprint density at radius 2 is 2.10 bits per heavy atom. The predicted octanol–water partition coefficient (Wildman–Crippen LogP) is -0.829. The molecule has 0 aromatic rings. The number of rotatable bonds is 11. The third-order valence-corrected chi connectivity index (χ3v) is 4.61. The van der Waals surface area contributed by atoms with E-state index in [9.17, 15) is 13.2 Å². The van der Waals surface area contributed by atoms with Gasteiger partial charge in [-0.15, -0.1) is 0 Å². The highest BCUT2D eigenvalue weighted by Gasteiger charge is 2.24. The van der Waals surface area contributed by atoms with E-state index in [4.69, 9.17) is 9.84 Å². The van der Waals surface area contributed by atoms with Crippen LogP contribution < -0.4 is 10.0 Å². The van der Waals surface area contributed by atoms with Crippen molar-refractivity contribution in [3.05, 3.63) is 0 Å². The van der Waals surface area contributed by atoms with E-state index in [0.29, 0.717) is 12.2 Å². The van der Waals surface area contributed by atoms with Crippen molar-refractivity contribution in [2.24, 2.45) is 0 Å². The molecular weight excluding hydrogens is 304 g/mol. The molecule has 2 unspecified atom stereocenters. The largest absolute Gasteiger partial charge is 0.394 e. The third kappa shape index (κ3) is 8.05. The van der Waals surface area contributed by atoms with Crippen LogP contribution in [-0.4, -0.2) is 69.6 Å². The van der Waals surface area contributed by atoms with Crippen LogP contribution in [0.15, 0.2) is 0 Å². The maximum Gasteiger partial charge on any atom is 0.238 e. The molecule has 0 bridgehead atoms. The molecule has 0 rings (SSSR count). The van der Waals surface area contributed by atoms with Crippen molar-refractivity contribution in [3.63, 3.8) is 0 Å². The van der Waals surface area contributed by atoms with Crippen molar-refractivity contribution in [2.45, 2.75) is 25.4 Å². The number of ether oxygens (including phenoxy) is 1. The first-order chi connectivity index (χ1) is 9.40. The molecular formula is C11H24N2O5S2. The molecule has 1 amide bonds. The fraction of sp³-hybridized carbons (Fsp3) is 0.909. The van der Waals surface area contributed by atoms with Crippen LogP contribution in [0.5, 0.6) is 0 Å². The summed E-state index contributed by atoms with van der Waals surface area (Å²) < 4.78 is 30.4. The van der Waals surface area contributed by atoms with Crippen molar-refractivity contribution in [1.29, 1.82) is 0 Å². The Bertz CT molecular complexity index is 375. The van der Waals surface area contributed by atoms with Gasteiger partial charge in [0.25, 0.3) is 0 Å². The van der Waals surface area contributed by atoms with Gasteiger partial charge in [-0.25, -0.2) is 13.1 Å². The second kappa shape index (κ2) is 10.4. The van der Waals surface area contributed by atoms with Gasteiger partial charge in [-0.2, -0.15) is 11.8 Å². The van der Waals surface area contributed by atoms with Gasteiger partial charge in [-0.3, -0.25) is 4.79 Å². The summed E-state index contributed by atoms with van der Waals surface area (Å²) in [5.41, 5.74) is 0. The zero-order valence-electron chi connectivity index (χ0n) is 12.1. The van der Waals surface area contributed by atoms with Crippen LogP contribution in [0.2, 0.25) is 0 Å². The molecule has 7 nitrogen and oxygen atoms in total. The molecule has 0 radical (unpaired) electrons. The Labute approximate surface area is 124 Å². The van der Waals surface area contributed by atoms with Gasteiger partial charge in [-0.1, -0.05) is 0 Å². The van der Waals surface area contributed by atoms with E-state index < -0.39 is 28.0 Å². The third-order valence-electron chi connectivity index (χ3n) is 2.56. The zero-order chi connectivity index (χ0) is 15.6. The number of methoxy groups -OCH3 is 1. The number of nitrogens with one attached hydrogen (secondary N) is 2. The van der Waals surface area contributed by atoms with Crippen LogP contribution in [0.4, 0.5) is 0 Å². The number of sulfonamides is 1. The Kier molecular flexibility index (Phi) is 10.2. The smallest absolute Gasteiger partial charge is 0.238 e. The van der Waals surface area contributed by atoms with Crippen molar-refractivity contribution in [1.82, 2.24) is 10.0 Å². The Hall–Kier alpha value is -0.350. The van der Waals surface area contributed by atoms with Gasteiger partial charge in [-0.05, 0) is 25.4 Å². The van der Waals surface area contributed by atoms with Crippen molar-refractivity contribution in [3.8, 4) is 0 Å². The minimum Gasteiger partial charge on any atom is -0.394 e. The fourth-order valence-corrected chi connectivity index (χ4v) is 2.72. The summed E-state index contributed by atoms with van der Waals surface area (Å²) in [6.45, 7) is 1.40. The van der Waals surface area contributed by atoms with Gasteiger partial charge in [0.1, 0.15) is 6.04 Å². The van der Waals surface area contributed by atoms with E-state index in [1.54, 1.807) is 0 Å². The summed E-state index contributed by atoms with van der Waals surface area (Å²) in [5, 5.41) is 11.7. The highest BCUT2D eigenvalue weighted by molar-refractivity contribution is 7.98. The molecule has 2 atom stereocenters. The maximum atomic E-state index is 12.1. The van der Waals surface area contributed by atoms with E-state index in [1.165, 1.54) is 25.8 Å². The van der Waals surface area contributed by atoms with Crippen LogP contribution in [0, 0.1) is 0 Å². The van der Waals surface area contributed by atoms with Crippen LogP contribution in [0.1, 0.15) is 13.3 Å². The average Bonchev–Trinajstić information content (AvgIpc) is 2.42. The number of aliphatic hydroxyl groups excluding tert-OH is 1.